The Morgan fingerprint density at radius 3 is 0.826 bits per heavy atom. The average molecular weight is 617 g/mol. The maximum atomic E-state index is 5.55. The lowest BCUT2D eigenvalue weighted by Gasteiger charge is -2.56. The monoisotopic (exact) mass is 616 g/mol. The van der Waals surface area contributed by atoms with Gasteiger partial charge in [0.2, 0.25) is 6.29 Å². The molecule has 0 aliphatic heterocycles. The maximum absolute atomic E-state index is 5.55. The lowest BCUT2D eigenvalue weighted by Crippen LogP contribution is -2.49. The largest absolute Gasteiger partial charge is 0.238 e. The Morgan fingerprint density at radius 2 is 0.609 bits per heavy atom. The fourth-order valence-electron chi connectivity index (χ4n) is 15.9. The third kappa shape index (κ3) is 3.74. The molecule has 0 spiro atoms. The summed E-state index contributed by atoms with van der Waals surface area (Å²) < 4.78 is 6.75. The van der Waals surface area contributed by atoms with Crippen LogP contribution >= 0.6 is 0 Å². The van der Waals surface area contributed by atoms with Gasteiger partial charge in [-0.25, -0.2) is 14.0 Å². The first kappa shape index (κ1) is 26.6. The summed E-state index contributed by atoms with van der Waals surface area (Å²) in [6.07, 6.45) is 32.2. The second-order valence-electron chi connectivity index (χ2n) is 19.5. The van der Waals surface area contributed by atoms with Gasteiger partial charge in [-0.15, -0.1) is 0 Å². The van der Waals surface area contributed by atoms with Crippen molar-refractivity contribution in [3.8, 4) is 0 Å². The first-order valence-electron chi connectivity index (χ1n) is 19.6. The van der Waals surface area contributed by atoms with E-state index in [-0.39, 0.29) is 6.29 Å². The normalized spacial score (nSPS) is 48.1. The molecular weight excluding hydrogens is 564 g/mol. The molecule has 12 aliphatic rings. The Bertz CT molecular complexity index is 1380. The minimum Gasteiger partial charge on any atom is -0.227 e. The molecule has 0 radical (unpaired) electrons. The van der Waals surface area contributed by atoms with Crippen molar-refractivity contribution in [1.82, 2.24) is 29.3 Å². The maximum Gasteiger partial charge on any atom is 0.238 e. The first-order valence-corrected chi connectivity index (χ1v) is 19.6. The molecule has 0 aromatic carbocycles. The van der Waals surface area contributed by atoms with Crippen LogP contribution in [0.4, 0.5) is 0 Å². The third-order valence-corrected chi connectivity index (χ3v) is 16.3. The van der Waals surface area contributed by atoms with Crippen LogP contribution in [0.3, 0.4) is 0 Å². The van der Waals surface area contributed by atoms with Crippen molar-refractivity contribution in [3.63, 3.8) is 0 Å². The van der Waals surface area contributed by atoms with Gasteiger partial charge in [0.25, 0.3) is 0 Å². The average Bonchev–Trinajstić information content (AvgIpc) is 3.79. The molecule has 15 rings (SSSR count). The smallest absolute Gasteiger partial charge is 0.227 e. The summed E-state index contributed by atoms with van der Waals surface area (Å²) in [4.78, 5) is 0. The SMILES string of the molecule is c1cn(C(n2ccc(C34CC5CC(CC(C5)C3)C4)n2)n2ccc(C34CC5CC(CC(C5)C3)C4)n2)nc1C12CC3CC(CC(C3)C1)C2. The zero-order valence-electron chi connectivity index (χ0n) is 27.6. The second kappa shape index (κ2) is 8.99. The minimum absolute atomic E-state index is 0.187. The summed E-state index contributed by atoms with van der Waals surface area (Å²) in [6.45, 7) is 0. The number of nitrogens with zero attached hydrogens (tertiary/aromatic N) is 6. The van der Waals surface area contributed by atoms with Gasteiger partial charge < -0.3 is 0 Å². The number of aromatic nitrogens is 6. The summed E-state index contributed by atoms with van der Waals surface area (Å²) in [5, 5.41) is 16.7. The molecule has 3 aromatic heterocycles. The van der Waals surface area contributed by atoms with Crippen molar-refractivity contribution in [3.05, 3.63) is 53.9 Å². The minimum atomic E-state index is -0.187. The van der Waals surface area contributed by atoms with Crippen molar-refractivity contribution in [2.75, 3.05) is 0 Å². The molecule has 46 heavy (non-hydrogen) atoms. The molecule has 0 amide bonds. The van der Waals surface area contributed by atoms with Crippen LogP contribution in [0.15, 0.2) is 36.8 Å². The fraction of sp³-hybridized carbons (Fsp3) is 0.775. The van der Waals surface area contributed by atoms with E-state index in [2.05, 4.69) is 50.8 Å². The molecule has 0 unspecified atom stereocenters. The van der Waals surface area contributed by atoms with Gasteiger partial charge in [0.1, 0.15) is 0 Å². The molecule has 0 saturated heterocycles. The number of rotatable bonds is 6. The Hall–Kier alpha value is -2.37. The van der Waals surface area contributed by atoms with Crippen LogP contribution in [0, 0.1) is 53.3 Å². The second-order valence-corrected chi connectivity index (χ2v) is 19.5. The molecule has 12 bridgehead atoms. The highest BCUT2D eigenvalue weighted by atomic mass is 15.6. The Morgan fingerprint density at radius 1 is 0.391 bits per heavy atom. The van der Waals surface area contributed by atoms with E-state index < -0.39 is 0 Å². The highest BCUT2D eigenvalue weighted by molar-refractivity contribution is 5.25. The highest BCUT2D eigenvalue weighted by Gasteiger charge is 2.55. The van der Waals surface area contributed by atoms with E-state index in [1.54, 1.807) is 0 Å². The van der Waals surface area contributed by atoms with E-state index in [9.17, 15) is 0 Å². The Labute approximate surface area is 274 Å². The Balaban J connectivity index is 0.936. The van der Waals surface area contributed by atoms with Gasteiger partial charge in [0.05, 0.1) is 17.1 Å². The molecule has 6 heteroatoms. The van der Waals surface area contributed by atoms with Gasteiger partial charge in [-0.2, -0.15) is 15.3 Å². The van der Waals surface area contributed by atoms with E-state index in [1.807, 2.05) is 0 Å². The molecule has 12 saturated carbocycles. The molecular formula is C40H52N6. The van der Waals surface area contributed by atoms with Crippen LogP contribution in [0.2, 0.25) is 0 Å². The molecule has 242 valence electrons. The van der Waals surface area contributed by atoms with Crippen LogP contribution in [-0.2, 0) is 16.2 Å². The van der Waals surface area contributed by atoms with Crippen molar-refractivity contribution >= 4 is 0 Å². The highest BCUT2D eigenvalue weighted by Crippen LogP contribution is 2.63. The Kier molecular flexibility index (Phi) is 5.19. The summed E-state index contributed by atoms with van der Waals surface area (Å²) in [5.41, 5.74) is 4.98. The molecule has 6 nitrogen and oxygen atoms in total. The van der Waals surface area contributed by atoms with E-state index >= 15 is 0 Å². The zero-order chi connectivity index (χ0) is 29.8. The van der Waals surface area contributed by atoms with Gasteiger partial charge >= 0.3 is 0 Å². The fourth-order valence-corrected chi connectivity index (χ4v) is 15.9. The topological polar surface area (TPSA) is 53.5 Å². The van der Waals surface area contributed by atoms with Crippen LogP contribution in [0.1, 0.15) is 139 Å². The van der Waals surface area contributed by atoms with Gasteiger partial charge in [-0.3, -0.25) is 0 Å². The number of hydrogen-bond acceptors (Lipinski definition) is 3. The van der Waals surface area contributed by atoms with E-state index in [1.165, 1.54) is 133 Å². The summed E-state index contributed by atoms with van der Waals surface area (Å²) in [6, 6.07) is 7.19. The van der Waals surface area contributed by atoms with Gasteiger partial charge in [0.15, 0.2) is 0 Å². The standard InChI is InChI=1S/C40H52N6/c1-4-44(41-34(1)38-16-25-7-26(17-38)9-27(8-25)18-38)37(45-5-2-35(42-45)39-19-28-10-29(20-39)12-30(11-28)21-39)46-6-3-36(43-46)40-22-31-13-32(23-40)15-33(14-31)24-40/h1-6,25-33,37H,7-24H2. The van der Waals surface area contributed by atoms with Crippen LogP contribution in [0.25, 0.3) is 0 Å². The van der Waals surface area contributed by atoms with Gasteiger partial charge in [-0.1, -0.05) is 0 Å². The van der Waals surface area contributed by atoms with E-state index in [0.29, 0.717) is 16.2 Å². The summed E-state index contributed by atoms with van der Waals surface area (Å²) in [5.74, 6) is 8.33. The van der Waals surface area contributed by atoms with Crippen molar-refractivity contribution < 1.29 is 0 Å². The number of hydrogen-bond donors (Lipinski definition) is 0. The summed E-state index contributed by atoms with van der Waals surface area (Å²) in [7, 11) is 0. The molecule has 3 heterocycles. The molecule has 12 fully saturated rings. The molecule has 0 N–H and O–H groups in total. The van der Waals surface area contributed by atoms with Crippen LogP contribution in [-0.4, -0.2) is 29.3 Å². The quantitative estimate of drug-likeness (QED) is 0.280. The first-order chi connectivity index (χ1) is 22.5. The van der Waals surface area contributed by atoms with Gasteiger partial charge in [-0.05, 0) is 187 Å². The predicted octanol–water partition coefficient (Wildman–Crippen LogP) is 8.23. The predicted molar refractivity (Wildman–Crippen MR) is 176 cm³/mol. The summed E-state index contributed by atoms with van der Waals surface area (Å²) >= 11 is 0. The lowest BCUT2D eigenvalue weighted by molar-refractivity contribution is -0.00837. The van der Waals surface area contributed by atoms with E-state index in [4.69, 9.17) is 15.3 Å². The van der Waals surface area contributed by atoms with Crippen molar-refractivity contribution in [2.24, 2.45) is 53.3 Å². The van der Waals surface area contributed by atoms with Crippen LogP contribution < -0.4 is 0 Å². The van der Waals surface area contributed by atoms with Crippen molar-refractivity contribution in [1.29, 1.82) is 0 Å². The van der Waals surface area contributed by atoms with Gasteiger partial charge in [0, 0.05) is 34.8 Å². The molecule has 3 aromatic rings. The zero-order valence-corrected chi connectivity index (χ0v) is 27.6. The third-order valence-electron chi connectivity index (χ3n) is 16.3. The van der Waals surface area contributed by atoms with E-state index in [0.717, 1.165) is 53.3 Å². The lowest BCUT2D eigenvalue weighted by atomic mass is 9.49. The molecule has 12 aliphatic carbocycles. The van der Waals surface area contributed by atoms with Crippen LogP contribution in [0.5, 0.6) is 0 Å². The van der Waals surface area contributed by atoms with Crippen molar-refractivity contribution in [2.45, 2.75) is 138 Å². The molecule has 0 atom stereocenters.